The number of esters is 2. The molecule has 174 valence electrons. The molecule has 8 heteroatoms. The zero-order chi connectivity index (χ0) is 22.0. The topological polar surface area (TPSA) is 85.8 Å². The van der Waals surface area contributed by atoms with Crippen molar-refractivity contribution in [3.05, 3.63) is 0 Å². The molecule has 2 saturated heterocycles. The van der Waals surface area contributed by atoms with E-state index in [1.54, 1.807) is 21.6 Å². The molecule has 0 unspecified atom stereocenters. The van der Waals surface area contributed by atoms with E-state index >= 15 is 0 Å². The van der Waals surface area contributed by atoms with Gasteiger partial charge in [0.2, 0.25) is 0 Å². The third-order valence-corrected chi connectivity index (χ3v) is 8.87. The van der Waals surface area contributed by atoms with Gasteiger partial charge in [-0.1, -0.05) is 21.6 Å². The second kappa shape index (κ2) is 12.6. The van der Waals surface area contributed by atoms with Crippen LogP contribution in [0.4, 0.5) is 0 Å². The van der Waals surface area contributed by atoms with Crippen LogP contribution in [0.1, 0.15) is 66.2 Å². The van der Waals surface area contributed by atoms with Crippen LogP contribution in [0.15, 0.2) is 0 Å². The number of hydrogen-bond acceptors (Lipinski definition) is 6. The Kier molecular flexibility index (Phi) is 10.8. The summed E-state index contributed by atoms with van der Waals surface area (Å²) in [6.07, 6.45) is 5.26. The molecule has 0 aromatic heterocycles. The van der Waals surface area contributed by atoms with Gasteiger partial charge >= 0.3 is 11.9 Å². The van der Waals surface area contributed by atoms with E-state index in [4.69, 9.17) is 9.47 Å². The summed E-state index contributed by atoms with van der Waals surface area (Å²) in [5.41, 5.74) is -0.758. The van der Waals surface area contributed by atoms with Gasteiger partial charge in [-0.15, -0.1) is 0 Å². The fourth-order valence-corrected chi connectivity index (χ4v) is 6.41. The molecule has 0 saturated carbocycles. The van der Waals surface area contributed by atoms with Crippen LogP contribution in [0, 0.1) is 11.8 Å². The molecule has 0 spiro atoms. The van der Waals surface area contributed by atoms with Gasteiger partial charge < -0.3 is 20.1 Å². The molecule has 0 aromatic rings. The number of rotatable bonds is 11. The Morgan fingerprint density at radius 2 is 1.07 bits per heavy atom. The summed E-state index contributed by atoms with van der Waals surface area (Å²) < 4.78 is 11.6. The molecule has 2 heterocycles. The van der Waals surface area contributed by atoms with Gasteiger partial charge in [0.15, 0.2) is 0 Å². The zero-order valence-electron chi connectivity index (χ0n) is 19.2. The molecule has 30 heavy (non-hydrogen) atoms. The molecular weight excluding hydrogens is 420 g/mol. The highest BCUT2D eigenvalue weighted by Crippen LogP contribution is 2.30. The Labute approximate surface area is 190 Å². The van der Waals surface area contributed by atoms with Crippen molar-refractivity contribution in [1.29, 1.82) is 0 Å². The molecule has 2 aliphatic rings. The maximum atomic E-state index is 12.2. The van der Waals surface area contributed by atoms with E-state index in [9.17, 15) is 9.59 Å². The maximum Gasteiger partial charge on any atom is 0.307 e. The highest BCUT2D eigenvalue weighted by molar-refractivity contribution is 8.76. The van der Waals surface area contributed by atoms with Gasteiger partial charge in [0, 0.05) is 49.0 Å². The number of ether oxygens (including phenoxy) is 2. The molecule has 0 atom stereocenters. The summed E-state index contributed by atoms with van der Waals surface area (Å²) in [6.45, 7) is 12.7. The largest absolute Gasteiger partial charge is 0.459 e. The second-order valence-corrected chi connectivity index (χ2v) is 12.3. The molecule has 2 rings (SSSR count). The molecular formula is C22H42N2O4S2+2. The summed E-state index contributed by atoms with van der Waals surface area (Å²) in [5.74, 6) is 2.09. The van der Waals surface area contributed by atoms with Crippen LogP contribution in [0.5, 0.6) is 0 Å². The minimum Gasteiger partial charge on any atom is -0.459 e. The van der Waals surface area contributed by atoms with Crippen molar-refractivity contribution in [3.8, 4) is 0 Å². The molecule has 0 bridgehead atoms. The molecule has 2 aliphatic heterocycles. The van der Waals surface area contributed by atoms with E-state index in [1.807, 2.05) is 27.7 Å². The van der Waals surface area contributed by atoms with Crippen molar-refractivity contribution in [2.75, 3.05) is 37.7 Å². The number of carbonyl (C=O) groups excluding carboxylic acids is 2. The SMILES string of the molecule is CC(C)(OC(=O)CCSSCCC(=O)OC(C)(C)C1CC[NH2+]CC1)C1CC[NH2+]CC1. The van der Waals surface area contributed by atoms with Crippen molar-refractivity contribution in [2.45, 2.75) is 77.4 Å². The molecule has 0 aliphatic carbocycles. The van der Waals surface area contributed by atoms with Crippen LogP contribution in [0.2, 0.25) is 0 Å². The van der Waals surface area contributed by atoms with E-state index in [1.165, 1.54) is 0 Å². The monoisotopic (exact) mass is 462 g/mol. The number of nitrogens with two attached hydrogens (primary N) is 2. The van der Waals surface area contributed by atoms with Crippen molar-refractivity contribution in [3.63, 3.8) is 0 Å². The molecule has 0 aromatic carbocycles. The quantitative estimate of drug-likeness (QED) is 0.276. The molecule has 6 nitrogen and oxygen atoms in total. The maximum absolute atomic E-state index is 12.2. The lowest BCUT2D eigenvalue weighted by atomic mass is 9.83. The van der Waals surface area contributed by atoms with Crippen LogP contribution in [0.3, 0.4) is 0 Å². The summed E-state index contributed by atoms with van der Waals surface area (Å²) in [7, 11) is 3.26. The number of hydrogen-bond donors (Lipinski definition) is 2. The van der Waals surface area contributed by atoms with E-state index < -0.39 is 0 Å². The first-order chi connectivity index (χ1) is 14.2. The Balaban J connectivity index is 1.54. The Hall–Kier alpha value is -0.440. The van der Waals surface area contributed by atoms with Gasteiger partial charge in [-0.3, -0.25) is 9.59 Å². The lowest BCUT2D eigenvalue weighted by Gasteiger charge is -2.35. The average Bonchev–Trinajstić information content (AvgIpc) is 2.71. The van der Waals surface area contributed by atoms with E-state index in [0.717, 1.165) is 51.9 Å². The standard InChI is InChI=1S/C22H40N2O4S2/c1-21(2,17-5-11-23-12-6-17)27-19(25)9-15-29-30-16-10-20(26)28-22(3,4)18-7-13-24-14-8-18/h17-18,23-24H,5-16H2,1-4H3/p+2. The number of carbonyl (C=O) groups is 2. The Morgan fingerprint density at radius 3 is 1.40 bits per heavy atom. The second-order valence-electron chi connectivity index (χ2n) is 9.58. The van der Waals surface area contributed by atoms with Crippen LogP contribution in [-0.4, -0.2) is 60.8 Å². The van der Waals surface area contributed by atoms with Crippen molar-refractivity contribution in [2.24, 2.45) is 11.8 Å². The first-order valence-electron chi connectivity index (χ1n) is 11.5. The highest BCUT2D eigenvalue weighted by Gasteiger charge is 2.36. The Bertz CT molecular complexity index is 497. The van der Waals surface area contributed by atoms with Crippen molar-refractivity contribution < 1.29 is 29.7 Å². The third-order valence-electron chi connectivity index (χ3n) is 6.46. The summed E-state index contributed by atoms with van der Waals surface area (Å²) in [4.78, 5) is 24.4. The predicted molar refractivity (Wildman–Crippen MR) is 123 cm³/mol. The van der Waals surface area contributed by atoms with Gasteiger partial charge in [0.25, 0.3) is 0 Å². The summed E-state index contributed by atoms with van der Waals surface area (Å²) >= 11 is 0. The van der Waals surface area contributed by atoms with Crippen LogP contribution >= 0.6 is 21.6 Å². The van der Waals surface area contributed by atoms with Crippen molar-refractivity contribution in [1.82, 2.24) is 0 Å². The van der Waals surface area contributed by atoms with E-state index in [0.29, 0.717) is 36.2 Å². The normalized spacial score (nSPS) is 19.5. The highest BCUT2D eigenvalue weighted by atomic mass is 33.1. The first-order valence-corrected chi connectivity index (χ1v) is 14.0. The van der Waals surface area contributed by atoms with Crippen molar-refractivity contribution >= 4 is 33.5 Å². The molecule has 0 amide bonds. The van der Waals surface area contributed by atoms with Gasteiger partial charge in [0.05, 0.1) is 39.0 Å². The van der Waals surface area contributed by atoms with Crippen LogP contribution in [0.25, 0.3) is 0 Å². The van der Waals surface area contributed by atoms with Crippen LogP contribution in [-0.2, 0) is 19.1 Å². The molecule has 0 radical (unpaired) electrons. The minimum atomic E-state index is -0.379. The smallest absolute Gasteiger partial charge is 0.307 e. The van der Waals surface area contributed by atoms with Gasteiger partial charge in [-0.05, 0) is 27.7 Å². The fraction of sp³-hybridized carbons (Fsp3) is 0.909. The van der Waals surface area contributed by atoms with Gasteiger partial charge in [0.1, 0.15) is 11.2 Å². The predicted octanol–water partition coefficient (Wildman–Crippen LogP) is 1.74. The zero-order valence-corrected chi connectivity index (χ0v) is 20.9. The molecule has 4 N–H and O–H groups in total. The first kappa shape index (κ1) is 25.8. The number of quaternary nitrogens is 2. The number of piperidine rings is 2. The van der Waals surface area contributed by atoms with E-state index in [2.05, 4.69) is 10.6 Å². The summed E-state index contributed by atoms with van der Waals surface area (Å²) in [5, 5.41) is 4.65. The third kappa shape index (κ3) is 8.97. The van der Waals surface area contributed by atoms with E-state index in [-0.39, 0.29) is 23.1 Å². The van der Waals surface area contributed by atoms with Gasteiger partial charge in [-0.25, -0.2) is 0 Å². The fourth-order valence-electron chi connectivity index (χ4n) is 4.47. The van der Waals surface area contributed by atoms with Gasteiger partial charge in [-0.2, -0.15) is 0 Å². The van der Waals surface area contributed by atoms with Crippen LogP contribution < -0.4 is 10.6 Å². The average molecular weight is 463 g/mol. The lowest BCUT2D eigenvalue weighted by Crippen LogP contribution is -2.86. The lowest BCUT2D eigenvalue weighted by molar-refractivity contribution is -0.666. The molecule has 2 fully saturated rings. The summed E-state index contributed by atoms with van der Waals surface area (Å²) in [6, 6.07) is 0. The minimum absolute atomic E-state index is 0.117. The Morgan fingerprint density at radius 1 is 0.733 bits per heavy atom.